The Bertz CT molecular complexity index is 270. The van der Waals surface area contributed by atoms with Crippen LogP contribution in [0.3, 0.4) is 0 Å². The van der Waals surface area contributed by atoms with Gasteiger partial charge < -0.3 is 10.0 Å². The van der Waals surface area contributed by atoms with Gasteiger partial charge >= 0.3 is 5.97 Å². The molecule has 0 aromatic carbocycles. The number of carboxylic acid groups (broad SMARTS) is 1. The molecule has 106 valence electrons. The number of aliphatic carboxylic acids is 1. The minimum absolute atomic E-state index is 0.292. The van der Waals surface area contributed by atoms with E-state index in [1.807, 2.05) is 0 Å². The van der Waals surface area contributed by atoms with Gasteiger partial charge in [0, 0.05) is 12.5 Å². The van der Waals surface area contributed by atoms with E-state index in [2.05, 4.69) is 32.6 Å². The van der Waals surface area contributed by atoms with Gasteiger partial charge in [0.25, 0.3) is 0 Å². The monoisotopic (exact) mass is 255 g/mol. The highest BCUT2D eigenvalue weighted by Gasteiger charge is 2.28. The minimum atomic E-state index is -0.677. The van der Waals surface area contributed by atoms with Gasteiger partial charge in [0.05, 0.1) is 0 Å². The topological polar surface area (TPSA) is 40.5 Å². The molecule has 1 aliphatic rings. The second-order valence-electron chi connectivity index (χ2n) is 6.81. The summed E-state index contributed by atoms with van der Waals surface area (Å²) in [5.74, 6) is 0.124. The van der Waals surface area contributed by atoms with E-state index in [1.54, 1.807) is 0 Å². The molecule has 0 spiro atoms. The van der Waals surface area contributed by atoms with Gasteiger partial charge in [-0.15, -0.1) is 0 Å². The van der Waals surface area contributed by atoms with Crippen LogP contribution in [0, 0.1) is 11.3 Å². The van der Waals surface area contributed by atoms with Crippen LogP contribution in [0.5, 0.6) is 0 Å². The molecule has 0 radical (unpaired) electrons. The third-order valence-corrected chi connectivity index (χ3v) is 4.39. The Kier molecular flexibility index (Phi) is 5.64. The molecular weight excluding hydrogens is 226 g/mol. The van der Waals surface area contributed by atoms with Gasteiger partial charge in [0.2, 0.25) is 0 Å². The summed E-state index contributed by atoms with van der Waals surface area (Å²) in [6.45, 7) is 11.4. The van der Waals surface area contributed by atoms with Gasteiger partial charge in [-0.2, -0.15) is 0 Å². The zero-order valence-corrected chi connectivity index (χ0v) is 12.4. The molecular formula is C15H29NO2. The standard InChI is InChI=1S/C15H29NO2/c1-12(7-8-14(17)18)16-10-5-6-13(9-11-16)15(2,3)4/h12-13H,5-11H2,1-4H3,(H,17,18). The summed E-state index contributed by atoms with van der Waals surface area (Å²) in [5, 5.41) is 8.75. The average molecular weight is 255 g/mol. The molecule has 0 bridgehead atoms. The molecule has 0 aromatic rings. The van der Waals surface area contributed by atoms with Crippen molar-refractivity contribution in [2.24, 2.45) is 11.3 Å². The van der Waals surface area contributed by atoms with Crippen molar-refractivity contribution in [3.8, 4) is 0 Å². The molecule has 1 aliphatic heterocycles. The molecule has 2 unspecified atom stereocenters. The van der Waals surface area contributed by atoms with Crippen molar-refractivity contribution in [1.29, 1.82) is 0 Å². The highest BCUT2D eigenvalue weighted by Crippen LogP contribution is 2.34. The summed E-state index contributed by atoms with van der Waals surface area (Å²) < 4.78 is 0. The smallest absolute Gasteiger partial charge is 0.303 e. The van der Waals surface area contributed by atoms with Gasteiger partial charge in [-0.05, 0) is 57.0 Å². The molecule has 0 saturated carbocycles. The Morgan fingerprint density at radius 3 is 2.56 bits per heavy atom. The Hall–Kier alpha value is -0.570. The first-order chi connectivity index (χ1) is 8.30. The van der Waals surface area contributed by atoms with Crippen LogP contribution in [0.4, 0.5) is 0 Å². The normalized spacial score (nSPS) is 24.6. The average Bonchev–Trinajstić information content (AvgIpc) is 2.50. The van der Waals surface area contributed by atoms with E-state index in [4.69, 9.17) is 5.11 Å². The number of carbonyl (C=O) groups is 1. The molecule has 1 N–H and O–H groups in total. The number of hydrogen-bond donors (Lipinski definition) is 1. The summed E-state index contributed by atoms with van der Waals surface area (Å²) >= 11 is 0. The minimum Gasteiger partial charge on any atom is -0.481 e. The first kappa shape index (κ1) is 15.5. The summed E-state index contributed by atoms with van der Waals surface area (Å²) in [6.07, 6.45) is 4.88. The molecule has 0 aromatic heterocycles. The van der Waals surface area contributed by atoms with Crippen molar-refractivity contribution in [1.82, 2.24) is 4.90 Å². The van der Waals surface area contributed by atoms with Crippen molar-refractivity contribution >= 4 is 5.97 Å². The largest absolute Gasteiger partial charge is 0.481 e. The van der Waals surface area contributed by atoms with Crippen LogP contribution in [0.15, 0.2) is 0 Å². The molecule has 18 heavy (non-hydrogen) atoms. The van der Waals surface area contributed by atoms with E-state index < -0.39 is 5.97 Å². The van der Waals surface area contributed by atoms with Gasteiger partial charge in [-0.25, -0.2) is 0 Å². The first-order valence-electron chi connectivity index (χ1n) is 7.26. The molecule has 1 saturated heterocycles. The summed E-state index contributed by atoms with van der Waals surface area (Å²) in [7, 11) is 0. The van der Waals surface area contributed by atoms with E-state index in [1.165, 1.54) is 19.3 Å². The predicted octanol–water partition coefficient (Wildman–Crippen LogP) is 3.39. The Morgan fingerprint density at radius 1 is 1.33 bits per heavy atom. The third kappa shape index (κ3) is 4.97. The van der Waals surface area contributed by atoms with Crippen LogP contribution in [-0.2, 0) is 4.79 Å². The zero-order chi connectivity index (χ0) is 13.8. The Balaban J connectivity index is 2.43. The third-order valence-electron chi connectivity index (χ3n) is 4.39. The van der Waals surface area contributed by atoms with Crippen LogP contribution in [0.1, 0.15) is 59.8 Å². The lowest BCUT2D eigenvalue weighted by Crippen LogP contribution is -2.34. The number of nitrogens with zero attached hydrogens (tertiary/aromatic N) is 1. The van der Waals surface area contributed by atoms with Gasteiger partial charge in [-0.3, -0.25) is 4.79 Å². The van der Waals surface area contributed by atoms with Gasteiger partial charge in [0.15, 0.2) is 0 Å². The van der Waals surface area contributed by atoms with E-state index in [-0.39, 0.29) is 0 Å². The quantitative estimate of drug-likeness (QED) is 0.837. The highest BCUT2D eigenvalue weighted by molar-refractivity contribution is 5.66. The van der Waals surface area contributed by atoms with Gasteiger partial charge in [-0.1, -0.05) is 20.8 Å². The van der Waals surface area contributed by atoms with Crippen molar-refractivity contribution < 1.29 is 9.90 Å². The van der Waals surface area contributed by atoms with Crippen LogP contribution < -0.4 is 0 Å². The molecule has 0 aliphatic carbocycles. The Morgan fingerprint density at radius 2 is 2.00 bits per heavy atom. The maximum atomic E-state index is 10.6. The lowest BCUT2D eigenvalue weighted by molar-refractivity contribution is -0.137. The summed E-state index contributed by atoms with van der Waals surface area (Å²) in [5.41, 5.74) is 0.403. The summed E-state index contributed by atoms with van der Waals surface area (Å²) in [4.78, 5) is 13.1. The van der Waals surface area contributed by atoms with E-state index in [0.717, 1.165) is 25.4 Å². The number of likely N-dealkylation sites (tertiary alicyclic amines) is 1. The molecule has 3 nitrogen and oxygen atoms in total. The lowest BCUT2D eigenvalue weighted by Gasteiger charge is -2.31. The lowest BCUT2D eigenvalue weighted by atomic mass is 9.77. The van der Waals surface area contributed by atoms with E-state index >= 15 is 0 Å². The van der Waals surface area contributed by atoms with Crippen molar-refractivity contribution in [3.05, 3.63) is 0 Å². The van der Waals surface area contributed by atoms with Crippen molar-refractivity contribution in [2.75, 3.05) is 13.1 Å². The molecule has 1 fully saturated rings. The van der Waals surface area contributed by atoms with Crippen molar-refractivity contribution in [3.63, 3.8) is 0 Å². The van der Waals surface area contributed by atoms with Crippen LogP contribution >= 0.6 is 0 Å². The fraction of sp³-hybridized carbons (Fsp3) is 0.933. The second kappa shape index (κ2) is 6.55. The maximum Gasteiger partial charge on any atom is 0.303 e. The van der Waals surface area contributed by atoms with E-state index in [9.17, 15) is 4.79 Å². The SMILES string of the molecule is CC(CCC(=O)O)N1CCCC(C(C)(C)C)CC1. The fourth-order valence-corrected chi connectivity index (χ4v) is 2.94. The zero-order valence-electron chi connectivity index (χ0n) is 12.4. The molecule has 3 heteroatoms. The molecule has 1 heterocycles. The molecule has 0 amide bonds. The molecule has 1 rings (SSSR count). The van der Waals surface area contributed by atoms with Gasteiger partial charge in [0.1, 0.15) is 0 Å². The van der Waals surface area contributed by atoms with Crippen LogP contribution in [0.25, 0.3) is 0 Å². The van der Waals surface area contributed by atoms with Crippen LogP contribution in [-0.4, -0.2) is 35.1 Å². The van der Waals surface area contributed by atoms with Crippen LogP contribution in [0.2, 0.25) is 0 Å². The molecule has 2 atom stereocenters. The number of rotatable bonds is 4. The fourth-order valence-electron chi connectivity index (χ4n) is 2.94. The van der Waals surface area contributed by atoms with Crippen molar-refractivity contribution in [2.45, 2.75) is 65.8 Å². The first-order valence-corrected chi connectivity index (χ1v) is 7.26. The number of hydrogen-bond acceptors (Lipinski definition) is 2. The second-order valence-corrected chi connectivity index (χ2v) is 6.81. The highest BCUT2D eigenvalue weighted by atomic mass is 16.4. The van der Waals surface area contributed by atoms with E-state index in [0.29, 0.717) is 17.9 Å². The Labute approximate surface area is 112 Å². The maximum absolute atomic E-state index is 10.6. The predicted molar refractivity (Wildman–Crippen MR) is 74.7 cm³/mol. The number of carboxylic acids is 1. The summed E-state index contributed by atoms with van der Waals surface area (Å²) in [6, 6.07) is 0.403.